The van der Waals surface area contributed by atoms with Crippen molar-refractivity contribution in [2.45, 2.75) is 32.1 Å². The lowest BCUT2D eigenvalue weighted by Crippen LogP contribution is -2.20. The summed E-state index contributed by atoms with van der Waals surface area (Å²) in [5.41, 5.74) is 1.50. The van der Waals surface area contributed by atoms with Crippen molar-refractivity contribution in [2.24, 2.45) is 0 Å². The molecule has 166 valence electrons. The maximum Gasteiger partial charge on any atom is 0.311 e. The topological polar surface area (TPSA) is 110 Å². The zero-order chi connectivity index (χ0) is 22.7. The van der Waals surface area contributed by atoms with Crippen LogP contribution in [0.15, 0.2) is 29.6 Å². The van der Waals surface area contributed by atoms with Crippen LogP contribution in [0.3, 0.4) is 0 Å². The van der Waals surface area contributed by atoms with E-state index in [0.29, 0.717) is 46.7 Å². The standard InChI is InChI=1S/C21H19FN4O4S2/c1-2-30-16(27)9-13-10-31-20(23-13)26-19(29)14-7-8-15-17(14)24-21(32-15)25-18(28)11-3-5-12(22)6-4-11/h3-6,10,14H,2,7-9H2,1H3,(H,23,26,29)(H,24,25,28). The van der Waals surface area contributed by atoms with Crippen LogP contribution in [0.25, 0.3) is 0 Å². The molecule has 0 fully saturated rings. The predicted octanol–water partition coefficient (Wildman–Crippen LogP) is 3.77. The number of ether oxygens (including phenoxy) is 1. The molecule has 0 saturated carbocycles. The van der Waals surface area contributed by atoms with Crippen molar-refractivity contribution in [3.8, 4) is 0 Å². The number of aryl methyl sites for hydroxylation is 1. The van der Waals surface area contributed by atoms with Gasteiger partial charge in [0.25, 0.3) is 5.91 Å². The summed E-state index contributed by atoms with van der Waals surface area (Å²) in [5, 5.41) is 8.01. The monoisotopic (exact) mass is 474 g/mol. The SMILES string of the molecule is CCOC(=O)Cc1csc(NC(=O)C2CCc3sc(NC(=O)c4ccc(F)cc4)nc32)n1. The molecule has 11 heteroatoms. The number of nitrogens with one attached hydrogen (secondary N) is 2. The molecule has 0 radical (unpaired) electrons. The lowest BCUT2D eigenvalue weighted by atomic mass is 10.1. The summed E-state index contributed by atoms with van der Waals surface area (Å²) in [6.45, 7) is 2.04. The summed E-state index contributed by atoms with van der Waals surface area (Å²) in [5.74, 6) is -1.86. The van der Waals surface area contributed by atoms with Gasteiger partial charge in [0.2, 0.25) is 5.91 Å². The van der Waals surface area contributed by atoms with Crippen molar-refractivity contribution in [1.82, 2.24) is 9.97 Å². The van der Waals surface area contributed by atoms with Crippen molar-refractivity contribution in [3.05, 3.63) is 57.3 Å². The Labute approximate surface area is 190 Å². The van der Waals surface area contributed by atoms with Gasteiger partial charge in [-0.05, 0) is 44.0 Å². The molecule has 2 aromatic heterocycles. The van der Waals surface area contributed by atoms with E-state index < -0.39 is 17.6 Å². The Morgan fingerprint density at radius 1 is 1.16 bits per heavy atom. The first-order valence-corrected chi connectivity index (χ1v) is 11.6. The molecule has 1 unspecified atom stereocenters. The minimum atomic E-state index is -0.449. The summed E-state index contributed by atoms with van der Waals surface area (Å²) >= 11 is 2.57. The number of carbonyl (C=O) groups is 3. The van der Waals surface area contributed by atoms with Crippen molar-refractivity contribution in [3.63, 3.8) is 0 Å². The third-order valence-electron chi connectivity index (χ3n) is 4.77. The number of hydrogen-bond donors (Lipinski definition) is 2. The third kappa shape index (κ3) is 5.00. The number of aromatic nitrogens is 2. The first-order valence-electron chi connectivity index (χ1n) is 9.90. The van der Waals surface area contributed by atoms with E-state index in [2.05, 4.69) is 20.6 Å². The molecule has 2 heterocycles. The first kappa shape index (κ1) is 22.0. The van der Waals surface area contributed by atoms with Crippen LogP contribution in [-0.2, 0) is 27.2 Å². The molecule has 0 spiro atoms. The van der Waals surface area contributed by atoms with Crippen LogP contribution in [-0.4, -0.2) is 34.4 Å². The molecule has 32 heavy (non-hydrogen) atoms. The number of amides is 2. The molecular formula is C21H19FN4O4S2. The number of anilines is 2. The number of rotatable bonds is 7. The Morgan fingerprint density at radius 2 is 1.94 bits per heavy atom. The fraction of sp³-hybridized carbons (Fsp3) is 0.286. The maximum absolute atomic E-state index is 13.0. The average Bonchev–Trinajstić information content (AvgIpc) is 3.44. The van der Waals surface area contributed by atoms with Crippen molar-refractivity contribution in [1.29, 1.82) is 0 Å². The van der Waals surface area contributed by atoms with Gasteiger partial charge >= 0.3 is 5.97 Å². The minimum absolute atomic E-state index is 0.0526. The molecule has 1 aliphatic carbocycles. The van der Waals surface area contributed by atoms with Gasteiger partial charge in [0.15, 0.2) is 10.3 Å². The highest BCUT2D eigenvalue weighted by atomic mass is 32.1. The molecule has 1 aromatic carbocycles. The van der Waals surface area contributed by atoms with Crippen LogP contribution in [0.5, 0.6) is 0 Å². The molecule has 4 rings (SSSR count). The van der Waals surface area contributed by atoms with Crippen LogP contribution in [0.4, 0.5) is 14.7 Å². The summed E-state index contributed by atoms with van der Waals surface area (Å²) in [6.07, 6.45) is 1.35. The smallest absolute Gasteiger partial charge is 0.311 e. The van der Waals surface area contributed by atoms with Crippen molar-refractivity contribution in [2.75, 3.05) is 17.2 Å². The second-order valence-electron chi connectivity index (χ2n) is 6.99. The third-order valence-corrected chi connectivity index (χ3v) is 6.63. The predicted molar refractivity (Wildman–Crippen MR) is 119 cm³/mol. The fourth-order valence-corrected chi connectivity index (χ4v) is 5.05. The van der Waals surface area contributed by atoms with Gasteiger partial charge in [0.1, 0.15) is 5.82 Å². The molecule has 8 nitrogen and oxygen atoms in total. The van der Waals surface area contributed by atoms with Gasteiger partial charge in [-0.25, -0.2) is 14.4 Å². The summed E-state index contributed by atoms with van der Waals surface area (Å²) in [7, 11) is 0. The number of hydrogen-bond acceptors (Lipinski definition) is 8. The average molecular weight is 475 g/mol. The van der Waals surface area contributed by atoms with Gasteiger partial charge in [0, 0.05) is 15.8 Å². The number of esters is 1. The van der Waals surface area contributed by atoms with Crippen molar-refractivity contribution >= 4 is 50.7 Å². The van der Waals surface area contributed by atoms with Crippen LogP contribution < -0.4 is 10.6 Å². The number of nitrogens with zero attached hydrogens (tertiary/aromatic N) is 2. The highest BCUT2D eigenvalue weighted by molar-refractivity contribution is 7.16. The van der Waals surface area contributed by atoms with E-state index in [9.17, 15) is 18.8 Å². The van der Waals surface area contributed by atoms with Gasteiger partial charge in [0.05, 0.1) is 30.3 Å². The van der Waals surface area contributed by atoms with Crippen LogP contribution >= 0.6 is 22.7 Å². The molecular weight excluding hydrogens is 455 g/mol. The zero-order valence-electron chi connectivity index (χ0n) is 17.0. The number of fused-ring (bicyclic) bond motifs is 1. The van der Waals surface area contributed by atoms with Crippen molar-refractivity contribution < 1.29 is 23.5 Å². The number of carbonyl (C=O) groups excluding carboxylic acids is 3. The number of benzene rings is 1. The highest BCUT2D eigenvalue weighted by Crippen LogP contribution is 2.39. The molecule has 1 aliphatic rings. The van der Waals surface area contributed by atoms with Crippen LogP contribution in [0.2, 0.25) is 0 Å². The van der Waals surface area contributed by atoms with E-state index >= 15 is 0 Å². The Morgan fingerprint density at radius 3 is 2.69 bits per heavy atom. The van der Waals surface area contributed by atoms with Crippen LogP contribution in [0.1, 0.15) is 45.9 Å². The van der Waals surface area contributed by atoms with E-state index in [1.165, 1.54) is 46.9 Å². The van der Waals surface area contributed by atoms with E-state index in [1.807, 2.05) is 0 Å². The Balaban J connectivity index is 1.39. The van der Waals surface area contributed by atoms with E-state index in [1.54, 1.807) is 12.3 Å². The summed E-state index contributed by atoms with van der Waals surface area (Å²) < 4.78 is 18.0. The van der Waals surface area contributed by atoms with E-state index in [0.717, 1.165) is 4.88 Å². The van der Waals surface area contributed by atoms with E-state index in [-0.39, 0.29) is 18.3 Å². The quantitative estimate of drug-likeness (QED) is 0.505. The Kier molecular flexibility index (Phi) is 6.56. The molecule has 0 aliphatic heterocycles. The van der Waals surface area contributed by atoms with Gasteiger partial charge < -0.3 is 10.1 Å². The lowest BCUT2D eigenvalue weighted by molar-refractivity contribution is -0.142. The molecule has 2 amide bonds. The Bertz CT molecular complexity index is 1160. The van der Waals surface area contributed by atoms with Gasteiger partial charge in [-0.15, -0.1) is 22.7 Å². The molecule has 2 N–H and O–H groups in total. The van der Waals surface area contributed by atoms with Gasteiger partial charge in [-0.3, -0.25) is 19.7 Å². The molecule has 0 bridgehead atoms. The lowest BCUT2D eigenvalue weighted by Gasteiger charge is -2.08. The minimum Gasteiger partial charge on any atom is -0.466 e. The summed E-state index contributed by atoms with van der Waals surface area (Å²) in [6, 6.07) is 5.22. The second kappa shape index (κ2) is 9.53. The number of halogens is 1. The fourth-order valence-electron chi connectivity index (χ4n) is 3.30. The summed E-state index contributed by atoms with van der Waals surface area (Å²) in [4.78, 5) is 46.4. The van der Waals surface area contributed by atoms with E-state index in [4.69, 9.17) is 4.74 Å². The maximum atomic E-state index is 13.0. The van der Waals surface area contributed by atoms with Gasteiger partial charge in [-0.2, -0.15) is 0 Å². The van der Waals surface area contributed by atoms with Gasteiger partial charge in [-0.1, -0.05) is 0 Å². The first-order chi connectivity index (χ1) is 15.4. The zero-order valence-corrected chi connectivity index (χ0v) is 18.6. The second-order valence-corrected chi connectivity index (χ2v) is 8.94. The molecule has 1 atom stereocenters. The normalized spacial score (nSPS) is 14.6. The largest absolute Gasteiger partial charge is 0.466 e. The molecule has 0 saturated heterocycles. The highest BCUT2D eigenvalue weighted by Gasteiger charge is 2.33. The number of thiazole rings is 2. The Hall–Kier alpha value is -3.18. The van der Waals surface area contributed by atoms with Crippen LogP contribution in [0, 0.1) is 5.82 Å². The molecule has 3 aromatic rings.